The molecule has 3 nitrogen and oxygen atoms in total. The first-order valence-corrected chi connectivity index (χ1v) is 20.0. The molecule has 0 unspecified atom stereocenters. The summed E-state index contributed by atoms with van der Waals surface area (Å²) in [4.78, 5) is 0. The molecule has 0 fully saturated rings. The fourth-order valence-corrected chi connectivity index (χ4v) is 11.0. The maximum atomic E-state index is 7.09. The van der Waals surface area contributed by atoms with Gasteiger partial charge in [-0.2, -0.15) is 0 Å². The number of benzene rings is 9. The maximum absolute atomic E-state index is 7.09. The van der Waals surface area contributed by atoms with Gasteiger partial charge in [0.05, 0.1) is 16.4 Å². The lowest BCUT2D eigenvalue weighted by atomic mass is 9.70. The van der Waals surface area contributed by atoms with Crippen molar-refractivity contribution in [3.63, 3.8) is 0 Å². The number of hydrogen-bond donors (Lipinski definition) is 0. The molecule has 9 aromatic carbocycles. The average molecular weight is 738 g/mol. The van der Waals surface area contributed by atoms with E-state index < -0.39 is 5.41 Å². The van der Waals surface area contributed by atoms with E-state index in [1.807, 2.05) is 12.1 Å². The Morgan fingerprint density at radius 2 is 0.983 bits per heavy atom. The van der Waals surface area contributed by atoms with Gasteiger partial charge in [0.1, 0.15) is 22.3 Å². The second-order valence-electron chi connectivity index (χ2n) is 15.9. The van der Waals surface area contributed by atoms with Crippen LogP contribution in [0.3, 0.4) is 0 Å². The molecule has 14 rings (SSSR count). The minimum Gasteiger partial charge on any atom is -0.456 e. The van der Waals surface area contributed by atoms with Gasteiger partial charge in [0.15, 0.2) is 0 Å². The van der Waals surface area contributed by atoms with E-state index in [0.717, 1.165) is 60.7 Å². The lowest BCUT2D eigenvalue weighted by Gasteiger charge is -2.31. The molecule has 2 aliphatic rings. The van der Waals surface area contributed by atoms with Crippen LogP contribution in [0.15, 0.2) is 197 Å². The first-order valence-electron chi connectivity index (χ1n) is 20.0. The molecule has 12 aromatic rings. The van der Waals surface area contributed by atoms with Gasteiger partial charge in [0, 0.05) is 43.6 Å². The highest BCUT2D eigenvalue weighted by molar-refractivity contribution is 6.26. The molecule has 58 heavy (non-hydrogen) atoms. The minimum absolute atomic E-state index is 0.574. The molecule has 3 heteroatoms. The summed E-state index contributed by atoms with van der Waals surface area (Å²) in [5, 5.41) is 7.00. The zero-order chi connectivity index (χ0) is 37.7. The van der Waals surface area contributed by atoms with Gasteiger partial charge in [-0.15, -0.1) is 0 Å². The van der Waals surface area contributed by atoms with Crippen molar-refractivity contribution < 1.29 is 8.83 Å². The van der Waals surface area contributed by atoms with Crippen LogP contribution in [-0.4, -0.2) is 4.57 Å². The van der Waals surface area contributed by atoms with Crippen LogP contribution in [0.5, 0.6) is 0 Å². The zero-order valence-corrected chi connectivity index (χ0v) is 31.2. The van der Waals surface area contributed by atoms with E-state index >= 15 is 0 Å². The van der Waals surface area contributed by atoms with Crippen molar-refractivity contribution >= 4 is 65.7 Å². The number of aromatic nitrogens is 1. The van der Waals surface area contributed by atoms with E-state index in [9.17, 15) is 0 Å². The normalized spacial score (nSPS) is 13.7. The summed E-state index contributed by atoms with van der Waals surface area (Å²) in [6.07, 6.45) is 0. The highest BCUT2D eigenvalue weighted by Crippen LogP contribution is 2.66. The molecule has 1 spiro atoms. The third-order valence-corrected chi connectivity index (χ3v) is 13.2. The first kappa shape index (κ1) is 30.6. The smallest absolute Gasteiger partial charge is 0.143 e. The molecule has 0 bridgehead atoms. The lowest BCUT2D eigenvalue weighted by Crippen LogP contribution is -2.26. The monoisotopic (exact) mass is 737 g/mol. The topological polar surface area (TPSA) is 31.2 Å². The highest BCUT2D eigenvalue weighted by Gasteiger charge is 2.53. The van der Waals surface area contributed by atoms with Crippen molar-refractivity contribution in [2.75, 3.05) is 0 Å². The van der Waals surface area contributed by atoms with Gasteiger partial charge >= 0.3 is 0 Å². The van der Waals surface area contributed by atoms with E-state index in [1.54, 1.807) is 0 Å². The average Bonchev–Trinajstić information content (AvgIpc) is 4.08. The fourth-order valence-electron chi connectivity index (χ4n) is 11.0. The number of furan rings is 2. The third-order valence-electron chi connectivity index (χ3n) is 13.2. The van der Waals surface area contributed by atoms with Crippen LogP contribution in [0, 0.1) is 0 Å². The van der Waals surface area contributed by atoms with Crippen LogP contribution >= 0.6 is 0 Å². The maximum Gasteiger partial charge on any atom is 0.143 e. The van der Waals surface area contributed by atoms with E-state index in [-0.39, 0.29) is 0 Å². The van der Waals surface area contributed by atoms with Gasteiger partial charge in [-0.05, 0) is 105 Å². The first-order chi connectivity index (χ1) is 28.8. The molecule has 0 aliphatic heterocycles. The number of rotatable bonds is 2. The van der Waals surface area contributed by atoms with Crippen LogP contribution in [0.4, 0.5) is 0 Å². The van der Waals surface area contributed by atoms with Gasteiger partial charge < -0.3 is 13.4 Å². The number of hydrogen-bond acceptors (Lipinski definition) is 2. The molecular formula is C55H31NO2. The molecule has 0 N–H and O–H groups in total. The van der Waals surface area contributed by atoms with Crippen molar-refractivity contribution in [2.24, 2.45) is 0 Å². The van der Waals surface area contributed by atoms with Gasteiger partial charge in [0.2, 0.25) is 0 Å². The second kappa shape index (κ2) is 10.8. The molecular weight excluding hydrogens is 707 g/mol. The van der Waals surface area contributed by atoms with Crippen molar-refractivity contribution in [2.45, 2.75) is 5.41 Å². The Morgan fingerprint density at radius 3 is 1.78 bits per heavy atom. The summed E-state index contributed by atoms with van der Waals surface area (Å²) >= 11 is 0. The molecule has 0 saturated heterocycles. The van der Waals surface area contributed by atoms with Crippen LogP contribution < -0.4 is 0 Å². The summed E-state index contributed by atoms with van der Waals surface area (Å²) in [5.74, 6) is 0. The summed E-state index contributed by atoms with van der Waals surface area (Å²) in [7, 11) is 0. The minimum atomic E-state index is -0.574. The second-order valence-corrected chi connectivity index (χ2v) is 15.9. The predicted molar refractivity (Wildman–Crippen MR) is 237 cm³/mol. The molecule has 0 saturated carbocycles. The lowest BCUT2D eigenvalue weighted by molar-refractivity contribution is 0.668. The SMILES string of the molecule is c1ccc(-n2c3ccccc3c3c4c(ccc32)C2(c3ccccc3-c3ccccc32)c2cc(-c3ccc5oc6ccccc6c5c3)c3oc5ccccc5c3c2-4)cc1. The standard InChI is InChI=1S/C55H31NO2/c1-2-14-33(15-3-1)56-45-23-11-6-19-37(45)50-46(56)28-27-43-52(50)53-44(55(43)41-21-9-4-16-34(41)35-17-5-10-22-42(35)55)31-39(54-51(53)38-20-8-13-25-48(38)58-54)32-26-29-49-40(30-32)36-18-7-12-24-47(36)57-49/h1-31H. The van der Waals surface area contributed by atoms with Crippen LogP contribution in [0.25, 0.3) is 105 Å². The summed E-state index contributed by atoms with van der Waals surface area (Å²) in [5.41, 5.74) is 19.0. The molecule has 268 valence electrons. The number of nitrogens with zero attached hydrogens (tertiary/aromatic N) is 1. The van der Waals surface area contributed by atoms with Gasteiger partial charge in [-0.1, -0.05) is 133 Å². The van der Waals surface area contributed by atoms with Crippen LogP contribution in [0.1, 0.15) is 22.3 Å². The Bertz CT molecular complexity index is 3700. The number of fused-ring (bicyclic) bond motifs is 21. The van der Waals surface area contributed by atoms with E-state index in [4.69, 9.17) is 8.83 Å². The van der Waals surface area contributed by atoms with Crippen molar-refractivity contribution in [3.8, 4) is 39.1 Å². The van der Waals surface area contributed by atoms with E-state index in [0.29, 0.717) is 0 Å². The van der Waals surface area contributed by atoms with Gasteiger partial charge in [-0.25, -0.2) is 0 Å². The van der Waals surface area contributed by atoms with E-state index in [2.05, 4.69) is 180 Å². The zero-order valence-electron chi connectivity index (χ0n) is 31.2. The molecule has 0 atom stereocenters. The van der Waals surface area contributed by atoms with Gasteiger partial charge in [0.25, 0.3) is 0 Å². The van der Waals surface area contributed by atoms with Crippen LogP contribution in [0.2, 0.25) is 0 Å². The number of para-hydroxylation sites is 4. The fraction of sp³-hybridized carbons (Fsp3) is 0.0182. The largest absolute Gasteiger partial charge is 0.456 e. The molecule has 2 aliphatic carbocycles. The molecule has 3 aromatic heterocycles. The molecule has 0 amide bonds. The Labute approximate surface area is 332 Å². The third kappa shape index (κ3) is 3.61. The summed E-state index contributed by atoms with van der Waals surface area (Å²) in [6, 6.07) is 68.7. The van der Waals surface area contributed by atoms with E-state index in [1.165, 1.54) is 66.3 Å². The summed E-state index contributed by atoms with van der Waals surface area (Å²) < 4.78 is 15.9. The Balaban J connectivity index is 1.22. The molecule has 0 radical (unpaired) electrons. The predicted octanol–water partition coefficient (Wildman–Crippen LogP) is 14.6. The summed E-state index contributed by atoms with van der Waals surface area (Å²) in [6.45, 7) is 0. The van der Waals surface area contributed by atoms with Crippen molar-refractivity contribution in [1.29, 1.82) is 0 Å². The van der Waals surface area contributed by atoms with Crippen LogP contribution in [-0.2, 0) is 5.41 Å². The van der Waals surface area contributed by atoms with Crippen molar-refractivity contribution in [3.05, 3.63) is 210 Å². The Kier molecular flexibility index (Phi) is 5.70. The quantitative estimate of drug-likeness (QED) is 0.177. The highest BCUT2D eigenvalue weighted by atomic mass is 16.3. The van der Waals surface area contributed by atoms with Gasteiger partial charge in [-0.3, -0.25) is 0 Å². The van der Waals surface area contributed by atoms with Crippen molar-refractivity contribution in [1.82, 2.24) is 4.57 Å². The Morgan fingerprint density at radius 1 is 0.362 bits per heavy atom. The molecule has 3 heterocycles. The Hall–Kier alpha value is -7.62.